The van der Waals surface area contributed by atoms with Crippen molar-refractivity contribution in [2.45, 2.75) is 70.5 Å². The highest BCUT2D eigenvalue weighted by Gasteiger charge is 2.22. The third kappa shape index (κ3) is 4.81. The lowest BCUT2D eigenvalue weighted by atomic mass is 9.80. The summed E-state index contributed by atoms with van der Waals surface area (Å²) in [6.45, 7) is 3.13. The lowest BCUT2D eigenvalue weighted by Gasteiger charge is -2.28. The number of hydrogen-bond acceptors (Lipinski definition) is 2. The van der Waals surface area contributed by atoms with E-state index in [1.807, 2.05) is 0 Å². The summed E-state index contributed by atoms with van der Waals surface area (Å²) < 4.78 is 11.3. The van der Waals surface area contributed by atoms with Gasteiger partial charge in [-0.05, 0) is 48.6 Å². The predicted octanol–water partition coefficient (Wildman–Crippen LogP) is 5.31. The highest BCUT2D eigenvalue weighted by molar-refractivity contribution is 5.24. The van der Waals surface area contributed by atoms with Gasteiger partial charge in [0.2, 0.25) is 0 Å². The zero-order chi connectivity index (χ0) is 16.1. The zero-order valence-electron chi connectivity index (χ0n) is 14.8. The van der Waals surface area contributed by atoms with Gasteiger partial charge < -0.3 is 9.47 Å². The number of hydrogen-bond donors (Lipinski definition) is 0. The fourth-order valence-corrected chi connectivity index (χ4v) is 4.06. The van der Waals surface area contributed by atoms with Crippen LogP contribution >= 0.6 is 0 Å². The molecular formula is C21H32O2. The van der Waals surface area contributed by atoms with Crippen molar-refractivity contribution in [1.82, 2.24) is 0 Å². The molecule has 0 N–H and O–H groups in total. The molecule has 2 aliphatic rings. The summed E-state index contributed by atoms with van der Waals surface area (Å²) in [6.07, 6.45) is 11.1. The molecule has 1 saturated heterocycles. The molecule has 2 heteroatoms. The minimum absolute atomic E-state index is 0.260. The molecule has 2 nitrogen and oxygen atoms in total. The first-order valence-electron chi connectivity index (χ1n) is 9.48. The van der Waals surface area contributed by atoms with Crippen molar-refractivity contribution in [2.75, 3.05) is 13.7 Å². The van der Waals surface area contributed by atoms with Crippen LogP contribution in [-0.4, -0.2) is 19.8 Å². The number of benzene rings is 1. The van der Waals surface area contributed by atoms with E-state index in [4.69, 9.17) is 9.47 Å². The first-order chi connectivity index (χ1) is 11.2. The average molecular weight is 316 g/mol. The standard InChI is InChI=1S/C21H32O2/c1-16-3-5-17(6-4-16)7-8-18-9-11-19(12-10-18)21-14-13-20(22-2)15-23-21/h9-12,16-17,20-21H,3-8,13-15H2,1-2H3. The monoisotopic (exact) mass is 316 g/mol. The lowest BCUT2D eigenvalue weighted by Crippen LogP contribution is -2.26. The second-order valence-electron chi connectivity index (χ2n) is 7.66. The van der Waals surface area contributed by atoms with Gasteiger partial charge in [-0.3, -0.25) is 0 Å². The van der Waals surface area contributed by atoms with E-state index in [0.29, 0.717) is 0 Å². The largest absolute Gasteiger partial charge is 0.379 e. The molecule has 1 aliphatic carbocycles. The minimum atomic E-state index is 0.260. The Balaban J connectivity index is 1.46. The summed E-state index contributed by atoms with van der Waals surface area (Å²) in [4.78, 5) is 0. The topological polar surface area (TPSA) is 18.5 Å². The third-order valence-corrected chi connectivity index (χ3v) is 5.90. The molecule has 2 atom stereocenters. The van der Waals surface area contributed by atoms with Crippen LogP contribution in [0.5, 0.6) is 0 Å². The van der Waals surface area contributed by atoms with E-state index in [1.165, 1.54) is 49.7 Å². The second-order valence-corrected chi connectivity index (χ2v) is 7.66. The summed E-state index contributed by atoms with van der Waals surface area (Å²) in [5.74, 6) is 1.91. The smallest absolute Gasteiger partial charge is 0.0827 e. The van der Waals surface area contributed by atoms with Crippen LogP contribution in [0, 0.1) is 11.8 Å². The summed E-state index contributed by atoms with van der Waals surface area (Å²) in [5.41, 5.74) is 2.81. The summed E-state index contributed by atoms with van der Waals surface area (Å²) >= 11 is 0. The van der Waals surface area contributed by atoms with Crippen LogP contribution in [0.25, 0.3) is 0 Å². The van der Waals surface area contributed by atoms with Crippen molar-refractivity contribution in [3.05, 3.63) is 35.4 Å². The zero-order valence-corrected chi connectivity index (χ0v) is 14.8. The van der Waals surface area contributed by atoms with Crippen molar-refractivity contribution >= 4 is 0 Å². The van der Waals surface area contributed by atoms with E-state index >= 15 is 0 Å². The molecule has 0 aromatic heterocycles. The van der Waals surface area contributed by atoms with Crippen molar-refractivity contribution < 1.29 is 9.47 Å². The Morgan fingerprint density at radius 3 is 2.35 bits per heavy atom. The van der Waals surface area contributed by atoms with Gasteiger partial charge in [-0.25, -0.2) is 0 Å². The summed E-state index contributed by atoms with van der Waals surface area (Å²) in [5, 5.41) is 0. The molecule has 1 saturated carbocycles. The maximum Gasteiger partial charge on any atom is 0.0827 e. The molecule has 1 aromatic rings. The van der Waals surface area contributed by atoms with Gasteiger partial charge in [0.05, 0.1) is 18.8 Å². The summed E-state index contributed by atoms with van der Waals surface area (Å²) in [6, 6.07) is 9.17. The van der Waals surface area contributed by atoms with E-state index in [1.54, 1.807) is 7.11 Å². The summed E-state index contributed by atoms with van der Waals surface area (Å²) in [7, 11) is 1.77. The van der Waals surface area contributed by atoms with Gasteiger partial charge in [0, 0.05) is 7.11 Å². The molecule has 23 heavy (non-hydrogen) atoms. The highest BCUT2D eigenvalue weighted by Crippen LogP contribution is 2.32. The molecule has 2 fully saturated rings. The van der Waals surface area contributed by atoms with E-state index in [9.17, 15) is 0 Å². The van der Waals surface area contributed by atoms with Gasteiger partial charge in [0.25, 0.3) is 0 Å². The maximum absolute atomic E-state index is 5.95. The van der Waals surface area contributed by atoms with Crippen LogP contribution in [0.4, 0.5) is 0 Å². The number of rotatable bonds is 5. The van der Waals surface area contributed by atoms with Crippen molar-refractivity contribution in [1.29, 1.82) is 0 Å². The quantitative estimate of drug-likeness (QED) is 0.732. The molecular weight excluding hydrogens is 284 g/mol. The number of methoxy groups -OCH3 is 1. The maximum atomic E-state index is 5.95. The predicted molar refractivity (Wildman–Crippen MR) is 94.6 cm³/mol. The first-order valence-corrected chi connectivity index (χ1v) is 9.48. The van der Waals surface area contributed by atoms with Gasteiger partial charge in [-0.1, -0.05) is 56.9 Å². The van der Waals surface area contributed by atoms with Crippen LogP contribution < -0.4 is 0 Å². The Hall–Kier alpha value is -0.860. The van der Waals surface area contributed by atoms with Crippen LogP contribution in [0.3, 0.4) is 0 Å². The second kappa shape index (κ2) is 8.30. The van der Waals surface area contributed by atoms with E-state index in [-0.39, 0.29) is 12.2 Å². The van der Waals surface area contributed by atoms with Crippen molar-refractivity contribution in [3.8, 4) is 0 Å². The third-order valence-electron chi connectivity index (χ3n) is 5.90. The Morgan fingerprint density at radius 1 is 1.00 bits per heavy atom. The minimum Gasteiger partial charge on any atom is -0.379 e. The molecule has 128 valence electrons. The molecule has 0 bridgehead atoms. The van der Waals surface area contributed by atoms with Gasteiger partial charge in [0.15, 0.2) is 0 Å². The molecule has 0 spiro atoms. The Bertz CT molecular complexity index is 451. The Morgan fingerprint density at radius 2 is 1.74 bits per heavy atom. The first kappa shape index (κ1) is 17.0. The SMILES string of the molecule is COC1CCC(c2ccc(CCC3CCC(C)CC3)cc2)OC1. The van der Waals surface area contributed by atoms with Crippen molar-refractivity contribution in [2.24, 2.45) is 11.8 Å². The lowest BCUT2D eigenvalue weighted by molar-refractivity contribution is -0.0725. The van der Waals surface area contributed by atoms with E-state index in [2.05, 4.69) is 31.2 Å². The highest BCUT2D eigenvalue weighted by atomic mass is 16.5. The van der Waals surface area contributed by atoms with E-state index in [0.717, 1.165) is 31.3 Å². The molecule has 1 heterocycles. The molecule has 2 unspecified atom stereocenters. The van der Waals surface area contributed by atoms with Crippen molar-refractivity contribution in [3.63, 3.8) is 0 Å². The Kier molecular flexibility index (Phi) is 6.13. The molecule has 1 aromatic carbocycles. The van der Waals surface area contributed by atoms with Gasteiger partial charge in [-0.2, -0.15) is 0 Å². The fourth-order valence-electron chi connectivity index (χ4n) is 4.06. The molecule has 0 amide bonds. The van der Waals surface area contributed by atoms with Crippen LogP contribution in [-0.2, 0) is 15.9 Å². The van der Waals surface area contributed by atoms with Gasteiger partial charge in [-0.15, -0.1) is 0 Å². The van der Waals surface area contributed by atoms with Crippen LogP contribution in [0.2, 0.25) is 0 Å². The van der Waals surface area contributed by atoms with Crippen LogP contribution in [0.1, 0.15) is 69.1 Å². The van der Waals surface area contributed by atoms with Crippen LogP contribution in [0.15, 0.2) is 24.3 Å². The number of aryl methyl sites for hydroxylation is 1. The average Bonchev–Trinajstić information content (AvgIpc) is 2.62. The van der Waals surface area contributed by atoms with Gasteiger partial charge >= 0.3 is 0 Å². The molecule has 1 aliphatic heterocycles. The number of ether oxygens (including phenoxy) is 2. The van der Waals surface area contributed by atoms with E-state index < -0.39 is 0 Å². The normalized spacial score (nSPS) is 31.9. The fraction of sp³-hybridized carbons (Fsp3) is 0.714. The Labute approximate surface area is 141 Å². The molecule has 3 rings (SSSR count). The molecule has 0 radical (unpaired) electrons. The van der Waals surface area contributed by atoms with Gasteiger partial charge in [0.1, 0.15) is 0 Å².